The minimum Gasteiger partial charge on any atom is -0.334 e. The first kappa shape index (κ1) is 16.7. The molecule has 1 heterocycles. The first-order valence-electron chi connectivity index (χ1n) is 7.56. The van der Waals surface area contributed by atoms with Crippen LogP contribution in [0.4, 0.5) is 10.5 Å². The fraction of sp³-hybridized carbons (Fsp3) is 0.0556. The van der Waals surface area contributed by atoms with Gasteiger partial charge in [-0.05, 0) is 29.8 Å². The van der Waals surface area contributed by atoms with Crippen molar-refractivity contribution in [3.63, 3.8) is 0 Å². The Bertz CT molecular complexity index is 935. The van der Waals surface area contributed by atoms with Crippen LogP contribution in [0.3, 0.4) is 0 Å². The third-order valence-corrected chi connectivity index (χ3v) is 3.86. The highest BCUT2D eigenvalue weighted by molar-refractivity contribution is 6.31. The van der Waals surface area contributed by atoms with Crippen LogP contribution in [0, 0.1) is 0 Å². The summed E-state index contributed by atoms with van der Waals surface area (Å²) in [7, 11) is 0. The second kappa shape index (κ2) is 7.63. The highest BCUT2D eigenvalue weighted by atomic mass is 35.5. The van der Waals surface area contributed by atoms with Crippen molar-refractivity contribution < 1.29 is 4.79 Å². The summed E-state index contributed by atoms with van der Waals surface area (Å²) in [4.78, 5) is 23.1. The molecule has 25 heavy (non-hydrogen) atoms. The van der Waals surface area contributed by atoms with Crippen LogP contribution in [-0.4, -0.2) is 16.2 Å². The topological polar surface area (TPSA) is 86.9 Å². The van der Waals surface area contributed by atoms with E-state index >= 15 is 0 Å². The number of nitrogens with one attached hydrogen (secondary N) is 3. The van der Waals surface area contributed by atoms with Crippen LogP contribution < -0.4 is 16.2 Å². The van der Waals surface area contributed by atoms with Gasteiger partial charge in [-0.2, -0.15) is 5.10 Å². The molecule has 0 aliphatic carbocycles. The van der Waals surface area contributed by atoms with Crippen molar-refractivity contribution in [2.45, 2.75) is 6.54 Å². The molecule has 0 aliphatic heterocycles. The SMILES string of the molecule is O=C(NCc1ccccc1Cl)Nc1cccc(-c2ccc(=O)[nH]n2)c1. The molecule has 3 aromatic rings. The Morgan fingerprint density at radius 2 is 1.92 bits per heavy atom. The van der Waals surface area contributed by atoms with Crippen LogP contribution in [0.1, 0.15) is 5.56 Å². The Hall–Kier alpha value is -3.12. The van der Waals surface area contributed by atoms with Crippen molar-refractivity contribution in [3.05, 3.63) is 81.6 Å². The van der Waals surface area contributed by atoms with Crippen LogP contribution in [-0.2, 0) is 6.54 Å². The molecule has 126 valence electrons. The minimum atomic E-state index is -0.341. The number of benzene rings is 2. The predicted octanol–water partition coefficient (Wildman–Crippen LogP) is 3.41. The number of carbonyl (C=O) groups excluding carboxylic acids is 1. The van der Waals surface area contributed by atoms with E-state index in [1.807, 2.05) is 24.3 Å². The first-order chi connectivity index (χ1) is 12.1. The molecule has 1 aromatic heterocycles. The summed E-state index contributed by atoms with van der Waals surface area (Å²) in [5.74, 6) is 0. The number of H-pyrrole nitrogens is 1. The molecule has 0 saturated carbocycles. The smallest absolute Gasteiger partial charge is 0.319 e. The minimum absolute atomic E-state index is 0.267. The number of nitrogens with zero attached hydrogens (tertiary/aromatic N) is 1. The van der Waals surface area contributed by atoms with Crippen molar-refractivity contribution in [1.29, 1.82) is 0 Å². The number of anilines is 1. The summed E-state index contributed by atoms with van der Waals surface area (Å²) in [6.07, 6.45) is 0. The third kappa shape index (κ3) is 4.45. The lowest BCUT2D eigenvalue weighted by Gasteiger charge is -2.09. The standard InChI is InChI=1S/C18H15ClN4O2/c19-15-7-2-1-4-13(15)11-20-18(25)21-14-6-3-5-12(10-14)16-8-9-17(24)23-22-16/h1-10H,11H2,(H,23,24)(H2,20,21,25). The van der Waals surface area contributed by atoms with Gasteiger partial charge < -0.3 is 10.6 Å². The lowest BCUT2D eigenvalue weighted by molar-refractivity contribution is 0.252. The van der Waals surface area contributed by atoms with E-state index in [1.54, 1.807) is 30.3 Å². The Kier molecular flexibility index (Phi) is 5.11. The molecule has 0 aliphatic rings. The average molecular weight is 355 g/mol. The molecule has 0 radical (unpaired) electrons. The first-order valence-corrected chi connectivity index (χ1v) is 7.94. The molecule has 6 nitrogen and oxygen atoms in total. The molecule has 2 aromatic carbocycles. The van der Waals surface area contributed by atoms with E-state index in [0.717, 1.165) is 11.1 Å². The zero-order valence-corrected chi connectivity index (χ0v) is 13.9. The van der Waals surface area contributed by atoms with Crippen LogP contribution in [0.2, 0.25) is 5.02 Å². The lowest BCUT2D eigenvalue weighted by atomic mass is 10.1. The van der Waals surface area contributed by atoms with E-state index in [-0.39, 0.29) is 11.6 Å². The largest absolute Gasteiger partial charge is 0.334 e. The summed E-state index contributed by atoms with van der Waals surface area (Å²) >= 11 is 6.06. The van der Waals surface area contributed by atoms with Gasteiger partial charge in [0.1, 0.15) is 0 Å². The van der Waals surface area contributed by atoms with Gasteiger partial charge in [0.25, 0.3) is 5.56 Å². The second-order valence-electron chi connectivity index (χ2n) is 5.29. The van der Waals surface area contributed by atoms with Gasteiger partial charge in [-0.3, -0.25) is 4.79 Å². The van der Waals surface area contributed by atoms with Gasteiger partial charge in [0, 0.05) is 28.9 Å². The van der Waals surface area contributed by atoms with Crippen LogP contribution in [0.5, 0.6) is 0 Å². The molecule has 7 heteroatoms. The normalized spacial score (nSPS) is 10.3. The number of amides is 2. The van der Waals surface area contributed by atoms with Crippen molar-refractivity contribution in [1.82, 2.24) is 15.5 Å². The average Bonchev–Trinajstić information content (AvgIpc) is 2.62. The van der Waals surface area contributed by atoms with Gasteiger partial charge in [-0.1, -0.05) is 41.9 Å². The zero-order valence-electron chi connectivity index (χ0n) is 13.1. The molecular weight excluding hydrogens is 340 g/mol. The van der Waals surface area contributed by atoms with Gasteiger partial charge in [0.2, 0.25) is 0 Å². The van der Waals surface area contributed by atoms with Crippen molar-refractivity contribution in [3.8, 4) is 11.3 Å². The van der Waals surface area contributed by atoms with Gasteiger partial charge in [0.15, 0.2) is 0 Å². The zero-order chi connectivity index (χ0) is 17.6. The maximum absolute atomic E-state index is 12.1. The molecule has 0 spiro atoms. The molecular formula is C18H15ClN4O2. The van der Waals surface area contributed by atoms with E-state index in [1.165, 1.54) is 6.07 Å². The molecule has 3 N–H and O–H groups in total. The number of rotatable bonds is 4. The number of carbonyl (C=O) groups is 1. The van der Waals surface area contributed by atoms with Crippen LogP contribution in [0.15, 0.2) is 65.5 Å². The summed E-state index contributed by atoms with van der Waals surface area (Å²) in [5, 5.41) is 12.5. The Balaban J connectivity index is 1.65. The lowest BCUT2D eigenvalue weighted by Crippen LogP contribution is -2.28. The fourth-order valence-electron chi connectivity index (χ4n) is 2.25. The number of halogens is 1. The monoisotopic (exact) mass is 354 g/mol. The number of aromatic amines is 1. The number of urea groups is 1. The van der Waals surface area contributed by atoms with E-state index in [2.05, 4.69) is 20.8 Å². The van der Waals surface area contributed by atoms with E-state index in [0.29, 0.717) is 22.9 Å². The quantitative estimate of drug-likeness (QED) is 0.671. The molecule has 2 amide bonds. The van der Waals surface area contributed by atoms with Crippen molar-refractivity contribution >= 4 is 23.3 Å². The van der Waals surface area contributed by atoms with E-state index in [9.17, 15) is 9.59 Å². The summed E-state index contributed by atoms with van der Waals surface area (Å²) in [6.45, 7) is 0.326. The van der Waals surface area contributed by atoms with Crippen LogP contribution in [0.25, 0.3) is 11.3 Å². The Morgan fingerprint density at radius 3 is 2.68 bits per heavy atom. The molecule has 3 rings (SSSR count). The Morgan fingerprint density at radius 1 is 1.08 bits per heavy atom. The van der Waals surface area contributed by atoms with Crippen molar-refractivity contribution in [2.24, 2.45) is 0 Å². The predicted molar refractivity (Wildman–Crippen MR) is 97.6 cm³/mol. The van der Waals surface area contributed by atoms with Crippen molar-refractivity contribution in [2.75, 3.05) is 5.32 Å². The van der Waals surface area contributed by atoms with E-state index < -0.39 is 0 Å². The number of aromatic nitrogens is 2. The maximum atomic E-state index is 12.1. The molecule has 0 unspecified atom stereocenters. The highest BCUT2D eigenvalue weighted by Crippen LogP contribution is 2.19. The molecule has 0 fully saturated rings. The summed E-state index contributed by atoms with van der Waals surface area (Å²) in [6, 6.07) is 17.2. The molecule has 0 bridgehead atoms. The van der Waals surface area contributed by atoms with Gasteiger partial charge in [-0.15, -0.1) is 0 Å². The van der Waals surface area contributed by atoms with E-state index in [4.69, 9.17) is 11.6 Å². The number of hydrogen-bond acceptors (Lipinski definition) is 3. The van der Waals surface area contributed by atoms with Gasteiger partial charge in [-0.25, -0.2) is 9.89 Å². The van der Waals surface area contributed by atoms with Gasteiger partial charge >= 0.3 is 6.03 Å². The summed E-state index contributed by atoms with van der Waals surface area (Å²) < 4.78 is 0. The Labute approximate surface area is 148 Å². The maximum Gasteiger partial charge on any atom is 0.319 e. The summed E-state index contributed by atoms with van der Waals surface area (Å²) in [5.41, 5.74) is 2.57. The fourth-order valence-corrected chi connectivity index (χ4v) is 2.46. The molecule has 0 atom stereocenters. The van der Waals surface area contributed by atoms with Gasteiger partial charge in [0.05, 0.1) is 5.69 Å². The number of hydrogen-bond donors (Lipinski definition) is 3. The third-order valence-electron chi connectivity index (χ3n) is 3.49. The second-order valence-corrected chi connectivity index (χ2v) is 5.69. The van der Waals surface area contributed by atoms with Crippen LogP contribution >= 0.6 is 11.6 Å². The molecule has 0 saturated heterocycles. The highest BCUT2D eigenvalue weighted by Gasteiger charge is 2.06.